The van der Waals surface area contributed by atoms with Gasteiger partial charge in [0.1, 0.15) is 24.9 Å². The lowest BCUT2D eigenvalue weighted by atomic mass is 10.1. The lowest BCUT2D eigenvalue weighted by Gasteiger charge is -2.19. The van der Waals surface area contributed by atoms with Crippen LogP contribution in [0.15, 0.2) is 24.3 Å². The Morgan fingerprint density at radius 3 is 2.62 bits per heavy atom. The summed E-state index contributed by atoms with van der Waals surface area (Å²) in [5.41, 5.74) is 1.95. The Morgan fingerprint density at radius 2 is 1.86 bits per heavy atom. The van der Waals surface area contributed by atoms with Crippen LogP contribution < -0.4 is 14.8 Å². The number of anilines is 1. The molecule has 0 radical (unpaired) electrons. The fourth-order valence-corrected chi connectivity index (χ4v) is 2.47. The van der Waals surface area contributed by atoms with Crippen molar-refractivity contribution in [3.05, 3.63) is 30.1 Å². The molecule has 0 amide bonds. The van der Waals surface area contributed by atoms with Crippen LogP contribution in [-0.2, 0) is 0 Å². The largest absolute Gasteiger partial charge is 0.486 e. The zero-order valence-corrected chi connectivity index (χ0v) is 11.9. The van der Waals surface area contributed by atoms with Crippen LogP contribution in [0.1, 0.15) is 24.6 Å². The van der Waals surface area contributed by atoms with Gasteiger partial charge in [-0.2, -0.15) is 0 Å². The first-order valence-electron chi connectivity index (χ1n) is 7.30. The number of hydrogen-bond donors (Lipinski definition) is 1. The van der Waals surface area contributed by atoms with Crippen LogP contribution >= 0.6 is 0 Å². The Bertz CT molecular complexity index is 683. The molecule has 2 heterocycles. The molecule has 0 atom stereocenters. The fourth-order valence-electron chi connectivity index (χ4n) is 2.47. The SMILES string of the molecule is CNc1cc(-c2ccc3c(c2)OCCO3)nc(C2CC2)n1. The number of benzene rings is 1. The second-order valence-corrected chi connectivity index (χ2v) is 5.38. The first kappa shape index (κ1) is 12.4. The van der Waals surface area contributed by atoms with Gasteiger partial charge in [-0.15, -0.1) is 0 Å². The average Bonchev–Trinajstić information content (AvgIpc) is 3.39. The average molecular weight is 283 g/mol. The second-order valence-electron chi connectivity index (χ2n) is 5.38. The van der Waals surface area contributed by atoms with E-state index in [0.717, 1.165) is 34.4 Å². The summed E-state index contributed by atoms with van der Waals surface area (Å²) in [5.74, 6) is 3.91. The van der Waals surface area contributed by atoms with E-state index >= 15 is 0 Å². The molecule has 0 bridgehead atoms. The molecule has 1 aromatic carbocycles. The van der Waals surface area contributed by atoms with Crippen LogP contribution in [0, 0.1) is 0 Å². The Hall–Kier alpha value is -2.30. The molecule has 0 spiro atoms. The zero-order valence-electron chi connectivity index (χ0n) is 11.9. The lowest BCUT2D eigenvalue weighted by Crippen LogP contribution is -2.15. The predicted octanol–water partition coefficient (Wildman–Crippen LogP) is 2.83. The van der Waals surface area contributed by atoms with E-state index in [4.69, 9.17) is 14.5 Å². The maximum Gasteiger partial charge on any atom is 0.162 e. The van der Waals surface area contributed by atoms with Gasteiger partial charge in [-0.1, -0.05) is 0 Å². The van der Waals surface area contributed by atoms with Crippen molar-refractivity contribution < 1.29 is 9.47 Å². The van der Waals surface area contributed by atoms with Crippen molar-refractivity contribution in [3.63, 3.8) is 0 Å². The van der Waals surface area contributed by atoms with Gasteiger partial charge in [-0.3, -0.25) is 0 Å². The van der Waals surface area contributed by atoms with Gasteiger partial charge >= 0.3 is 0 Å². The first-order chi connectivity index (χ1) is 10.3. The molecule has 21 heavy (non-hydrogen) atoms. The Labute approximate surface area is 123 Å². The number of nitrogens with zero attached hydrogens (tertiary/aromatic N) is 2. The minimum absolute atomic E-state index is 0.522. The number of nitrogens with one attached hydrogen (secondary N) is 1. The number of aromatic nitrogens is 2. The third kappa shape index (κ3) is 2.39. The van der Waals surface area contributed by atoms with Crippen LogP contribution in [0.25, 0.3) is 11.3 Å². The summed E-state index contributed by atoms with van der Waals surface area (Å²) in [7, 11) is 1.88. The molecular weight excluding hydrogens is 266 g/mol. The molecule has 1 saturated carbocycles. The van der Waals surface area contributed by atoms with Crippen LogP contribution in [0.5, 0.6) is 11.5 Å². The van der Waals surface area contributed by atoms with Crippen LogP contribution in [0.3, 0.4) is 0 Å². The summed E-state index contributed by atoms with van der Waals surface area (Å²) < 4.78 is 11.2. The summed E-state index contributed by atoms with van der Waals surface area (Å²) >= 11 is 0. The molecule has 4 rings (SSSR count). The highest BCUT2D eigenvalue weighted by molar-refractivity contribution is 5.66. The molecule has 2 aliphatic rings. The van der Waals surface area contributed by atoms with Crippen molar-refractivity contribution in [3.8, 4) is 22.8 Å². The summed E-state index contributed by atoms with van der Waals surface area (Å²) in [5, 5.41) is 3.12. The molecule has 1 fully saturated rings. The normalized spacial score (nSPS) is 16.6. The van der Waals surface area contributed by atoms with E-state index in [9.17, 15) is 0 Å². The van der Waals surface area contributed by atoms with Gasteiger partial charge in [0.05, 0.1) is 5.69 Å². The van der Waals surface area contributed by atoms with E-state index in [-0.39, 0.29) is 0 Å². The molecule has 1 aliphatic carbocycles. The van der Waals surface area contributed by atoms with E-state index in [1.54, 1.807) is 0 Å². The minimum Gasteiger partial charge on any atom is -0.486 e. The molecule has 0 unspecified atom stereocenters. The molecular formula is C16H17N3O2. The molecule has 5 heteroatoms. The van der Waals surface area contributed by atoms with Crippen LogP contribution in [-0.4, -0.2) is 30.2 Å². The standard InChI is InChI=1S/C16H17N3O2/c1-17-15-9-12(18-16(19-15)10-2-3-10)11-4-5-13-14(8-11)21-7-6-20-13/h4-5,8-10H,2-3,6-7H2,1H3,(H,17,18,19). The van der Waals surface area contributed by atoms with E-state index < -0.39 is 0 Å². The number of rotatable bonds is 3. The number of hydrogen-bond acceptors (Lipinski definition) is 5. The first-order valence-corrected chi connectivity index (χ1v) is 7.30. The van der Waals surface area contributed by atoms with Gasteiger partial charge in [0, 0.05) is 24.6 Å². The van der Waals surface area contributed by atoms with Gasteiger partial charge in [-0.05, 0) is 31.0 Å². The summed E-state index contributed by atoms with van der Waals surface area (Å²) in [6, 6.07) is 7.93. The third-order valence-corrected chi connectivity index (χ3v) is 3.78. The highest BCUT2D eigenvalue weighted by Gasteiger charge is 2.27. The van der Waals surface area contributed by atoms with Gasteiger partial charge < -0.3 is 14.8 Å². The van der Waals surface area contributed by atoms with Crippen LogP contribution in [0.2, 0.25) is 0 Å². The monoisotopic (exact) mass is 283 g/mol. The Balaban J connectivity index is 1.76. The van der Waals surface area contributed by atoms with Crippen molar-refractivity contribution in [1.29, 1.82) is 0 Å². The summed E-state index contributed by atoms with van der Waals surface area (Å²) in [4.78, 5) is 9.26. The molecule has 1 aliphatic heterocycles. The maximum atomic E-state index is 5.65. The Morgan fingerprint density at radius 1 is 1.05 bits per heavy atom. The van der Waals surface area contributed by atoms with Crippen LogP contribution in [0.4, 0.5) is 5.82 Å². The highest BCUT2D eigenvalue weighted by Crippen LogP contribution is 2.40. The van der Waals surface area contributed by atoms with Crippen molar-refractivity contribution >= 4 is 5.82 Å². The minimum atomic E-state index is 0.522. The molecule has 0 saturated heterocycles. The third-order valence-electron chi connectivity index (χ3n) is 3.78. The maximum absolute atomic E-state index is 5.65. The van der Waals surface area contributed by atoms with Gasteiger partial charge in [0.15, 0.2) is 11.5 Å². The molecule has 1 N–H and O–H groups in total. The molecule has 5 nitrogen and oxygen atoms in total. The van der Waals surface area contributed by atoms with E-state index in [0.29, 0.717) is 19.1 Å². The molecule has 2 aromatic rings. The van der Waals surface area contributed by atoms with Crippen molar-refractivity contribution in [2.75, 3.05) is 25.6 Å². The Kier molecular flexibility index (Phi) is 2.91. The molecule has 1 aromatic heterocycles. The van der Waals surface area contributed by atoms with Crippen molar-refractivity contribution in [1.82, 2.24) is 9.97 Å². The number of fused-ring (bicyclic) bond motifs is 1. The van der Waals surface area contributed by atoms with Crippen molar-refractivity contribution in [2.45, 2.75) is 18.8 Å². The van der Waals surface area contributed by atoms with Gasteiger partial charge in [-0.25, -0.2) is 9.97 Å². The van der Waals surface area contributed by atoms with Gasteiger partial charge in [0.25, 0.3) is 0 Å². The predicted molar refractivity (Wildman–Crippen MR) is 80.0 cm³/mol. The second kappa shape index (κ2) is 4.91. The highest BCUT2D eigenvalue weighted by atomic mass is 16.6. The van der Waals surface area contributed by atoms with E-state index in [1.807, 2.05) is 31.3 Å². The summed E-state index contributed by atoms with van der Waals surface area (Å²) in [6.07, 6.45) is 2.38. The zero-order chi connectivity index (χ0) is 14.2. The van der Waals surface area contributed by atoms with Gasteiger partial charge in [0.2, 0.25) is 0 Å². The smallest absolute Gasteiger partial charge is 0.162 e. The van der Waals surface area contributed by atoms with Crippen molar-refractivity contribution in [2.24, 2.45) is 0 Å². The number of ether oxygens (including phenoxy) is 2. The lowest BCUT2D eigenvalue weighted by molar-refractivity contribution is 0.171. The van der Waals surface area contributed by atoms with E-state index in [1.165, 1.54) is 12.8 Å². The van der Waals surface area contributed by atoms with E-state index in [2.05, 4.69) is 10.3 Å². The fraction of sp³-hybridized carbons (Fsp3) is 0.375. The summed E-state index contributed by atoms with van der Waals surface area (Å²) in [6.45, 7) is 1.20. The quantitative estimate of drug-likeness (QED) is 0.938. The molecule has 108 valence electrons. The topological polar surface area (TPSA) is 56.3 Å².